The molecule has 1 N–H and O–H groups in total. The number of likely N-dealkylation sites (N-methyl/N-ethyl adjacent to an activating group) is 1. The molecular formula is C14H21NO2. The second kappa shape index (κ2) is 4.09. The maximum absolute atomic E-state index is 10.7. The molecule has 0 radical (unpaired) electrons. The first-order chi connectivity index (χ1) is 7.88. The van der Waals surface area contributed by atoms with Crippen molar-refractivity contribution in [1.82, 2.24) is 4.90 Å². The lowest BCUT2D eigenvalue weighted by atomic mass is 9.90. The van der Waals surface area contributed by atoms with Crippen LogP contribution in [0.5, 0.6) is 0 Å². The van der Waals surface area contributed by atoms with Gasteiger partial charge in [-0.2, -0.15) is 0 Å². The highest BCUT2D eigenvalue weighted by Crippen LogP contribution is 2.37. The van der Waals surface area contributed by atoms with E-state index in [0.29, 0.717) is 6.61 Å². The molecule has 94 valence electrons. The Bertz CT molecular complexity index is 390. The van der Waals surface area contributed by atoms with Gasteiger partial charge in [-0.05, 0) is 27.8 Å². The Morgan fingerprint density at radius 3 is 2.47 bits per heavy atom. The first kappa shape index (κ1) is 12.6. The van der Waals surface area contributed by atoms with Crippen molar-refractivity contribution in [3.05, 3.63) is 35.9 Å². The van der Waals surface area contributed by atoms with E-state index in [-0.39, 0.29) is 11.6 Å². The van der Waals surface area contributed by atoms with Crippen LogP contribution in [0.25, 0.3) is 0 Å². The van der Waals surface area contributed by atoms with Crippen molar-refractivity contribution in [1.29, 1.82) is 0 Å². The van der Waals surface area contributed by atoms with Crippen LogP contribution in [0, 0.1) is 0 Å². The van der Waals surface area contributed by atoms with Crippen molar-refractivity contribution in [2.75, 3.05) is 13.7 Å². The average Bonchev–Trinajstić information content (AvgIpc) is 2.34. The summed E-state index contributed by atoms with van der Waals surface area (Å²) < 4.78 is 5.76. The predicted molar refractivity (Wildman–Crippen MR) is 67.6 cm³/mol. The Kier molecular flexibility index (Phi) is 3.02. The van der Waals surface area contributed by atoms with Crippen molar-refractivity contribution >= 4 is 0 Å². The molecule has 2 rings (SSSR count). The standard InChI is InChI=1S/C14H21NO2/c1-11-14(16,12-8-6-5-7-9-12)17-10-13(2,3)15(11)4/h5-9,11,16H,10H2,1-4H3. The summed E-state index contributed by atoms with van der Waals surface area (Å²) in [6, 6.07) is 9.50. The molecule has 2 unspecified atom stereocenters. The number of nitrogens with zero attached hydrogens (tertiary/aromatic N) is 1. The zero-order chi connectivity index (χ0) is 12.7. The number of rotatable bonds is 1. The summed E-state index contributed by atoms with van der Waals surface area (Å²) >= 11 is 0. The lowest BCUT2D eigenvalue weighted by molar-refractivity contribution is -0.298. The smallest absolute Gasteiger partial charge is 0.208 e. The largest absolute Gasteiger partial charge is 0.361 e. The molecule has 0 aromatic heterocycles. The van der Waals surface area contributed by atoms with Crippen molar-refractivity contribution in [3.8, 4) is 0 Å². The molecule has 0 saturated carbocycles. The van der Waals surface area contributed by atoms with Crippen LogP contribution in [0.4, 0.5) is 0 Å². The number of hydrogen-bond donors (Lipinski definition) is 1. The van der Waals surface area contributed by atoms with Crippen LogP contribution in [0.3, 0.4) is 0 Å². The molecule has 1 fully saturated rings. The van der Waals surface area contributed by atoms with Crippen LogP contribution in [-0.2, 0) is 10.5 Å². The van der Waals surface area contributed by atoms with Crippen LogP contribution in [-0.4, -0.2) is 35.2 Å². The minimum atomic E-state index is -1.22. The van der Waals surface area contributed by atoms with Gasteiger partial charge in [-0.15, -0.1) is 0 Å². The van der Waals surface area contributed by atoms with Gasteiger partial charge in [0.1, 0.15) is 0 Å². The Labute approximate surface area is 103 Å². The fourth-order valence-corrected chi connectivity index (χ4v) is 2.30. The van der Waals surface area contributed by atoms with E-state index < -0.39 is 5.79 Å². The highest BCUT2D eigenvalue weighted by molar-refractivity contribution is 5.23. The molecule has 1 aromatic rings. The average molecular weight is 235 g/mol. The third kappa shape index (κ3) is 1.99. The second-order valence-corrected chi connectivity index (χ2v) is 5.45. The topological polar surface area (TPSA) is 32.7 Å². The van der Waals surface area contributed by atoms with Crippen LogP contribution in [0.2, 0.25) is 0 Å². The Morgan fingerprint density at radius 1 is 1.29 bits per heavy atom. The third-order valence-corrected chi connectivity index (χ3v) is 3.93. The van der Waals surface area contributed by atoms with Crippen LogP contribution in [0.1, 0.15) is 26.3 Å². The summed E-state index contributed by atoms with van der Waals surface area (Å²) in [4.78, 5) is 2.17. The SMILES string of the molecule is CC1N(C)C(C)(C)COC1(O)c1ccccc1. The molecule has 17 heavy (non-hydrogen) atoms. The molecule has 1 heterocycles. The molecule has 0 spiro atoms. The molecule has 0 amide bonds. The first-order valence-corrected chi connectivity index (χ1v) is 6.03. The molecule has 1 aliphatic rings. The molecule has 1 aliphatic heterocycles. The van der Waals surface area contributed by atoms with E-state index in [2.05, 4.69) is 18.7 Å². The van der Waals surface area contributed by atoms with Crippen molar-refractivity contribution in [2.24, 2.45) is 0 Å². The van der Waals surface area contributed by atoms with Gasteiger partial charge in [0.15, 0.2) is 0 Å². The number of benzene rings is 1. The Morgan fingerprint density at radius 2 is 1.88 bits per heavy atom. The van der Waals surface area contributed by atoms with Gasteiger partial charge >= 0.3 is 0 Å². The molecular weight excluding hydrogens is 214 g/mol. The fraction of sp³-hybridized carbons (Fsp3) is 0.571. The molecule has 0 aliphatic carbocycles. The van der Waals surface area contributed by atoms with E-state index in [9.17, 15) is 5.11 Å². The van der Waals surface area contributed by atoms with E-state index in [1.165, 1.54) is 0 Å². The van der Waals surface area contributed by atoms with Gasteiger partial charge in [0.2, 0.25) is 5.79 Å². The first-order valence-electron chi connectivity index (χ1n) is 6.03. The number of hydrogen-bond acceptors (Lipinski definition) is 3. The molecule has 0 bridgehead atoms. The van der Waals surface area contributed by atoms with E-state index in [4.69, 9.17) is 4.74 Å². The van der Waals surface area contributed by atoms with Crippen molar-refractivity contribution in [3.63, 3.8) is 0 Å². The Hall–Kier alpha value is -0.900. The number of morpholine rings is 1. The minimum Gasteiger partial charge on any atom is -0.361 e. The quantitative estimate of drug-likeness (QED) is 0.807. The molecule has 1 saturated heterocycles. The summed E-state index contributed by atoms with van der Waals surface area (Å²) in [6.45, 7) is 6.75. The molecule has 1 aromatic carbocycles. The summed E-state index contributed by atoms with van der Waals surface area (Å²) in [6.07, 6.45) is 0. The maximum atomic E-state index is 10.7. The Balaban J connectivity index is 2.34. The van der Waals surface area contributed by atoms with Crippen LogP contribution in [0.15, 0.2) is 30.3 Å². The van der Waals surface area contributed by atoms with Gasteiger partial charge in [-0.3, -0.25) is 4.90 Å². The van der Waals surface area contributed by atoms with Gasteiger partial charge in [-0.1, -0.05) is 30.3 Å². The predicted octanol–water partition coefficient (Wildman–Crippen LogP) is 1.96. The summed E-state index contributed by atoms with van der Waals surface area (Å²) in [5, 5.41) is 10.7. The zero-order valence-corrected chi connectivity index (χ0v) is 11.0. The second-order valence-electron chi connectivity index (χ2n) is 5.45. The van der Waals surface area contributed by atoms with E-state index >= 15 is 0 Å². The van der Waals surface area contributed by atoms with Crippen LogP contribution >= 0.6 is 0 Å². The van der Waals surface area contributed by atoms with Gasteiger partial charge < -0.3 is 9.84 Å². The molecule has 2 atom stereocenters. The lowest BCUT2D eigenvalue weighted by Gasteiger charge is -2.51. The van der Waals surface area contributed by atoms with Crippen molar-refractivity contribution < 1.29 is 9.84 Å². The zero-order valence-electron chi connectivity index (χ0n) is 11.0. The normalized spacial score (nSPS) is 33.6. The monoisotopic (exact) mass is 235 g/mol. The van der Waals surface area contributed by atoms with E-state index in [0.717, 1.165) is 5.56 Å². The molecule has 3 heteroatoms. The minimum absolute atomic E-state index is 0.0551. The molecule has 3 nitrogen and oxygen atoms in total. The fourth-order valence-electron chi connectivity index (χ4n) is 2.30. The number of ether oxygens (including phenoxy) is 1. The maximum Gasteiger partial charge on any atom is 0.208 e. The van der Waals surface area contributed by atoms with Crippen LogP contribution < -0.4 is 0 Å². The number of aliphatic hydroxyl groups is 1. The van der Waals surface area contributed by atoms with Gasteiger partial charge in [0.05, 0.1) is 12.6 Å². The highest BCUT2D eigenvalue weighted by atomic mass is 16.6. The summed E-state index contributed by atoms with van der Waals surface area (Å²) in [5.74, 6) is -1.22. The summed E-state index contributed by atoms with van der Waals surface area (Å²) in [5.41, 5.74) is 0.760. The van der Waals surface area contributed by atoms with Crippen molar-refractivity contribution in [2.45, 2.75) is 38.1 Å². The van der Waals surface area contributed by atoms with E-state index in [1.807, 2.05) is 44.3 Å². The highest BCUT2D eigenvalue weighted by Gasteiger charge is 2.48. The van der Waals surface area contributed by atoms with Gasteiger partial charge in [-0.25, -0.2) is 0 Å². The van der Waals surface area contributed by atoms with Gasteiger partial charge in [0, 0.05) is 11.1 Å². The summed E-state index contributed by atoms with van der Waals surface area (Å²) in [7, 11) is 2.03. The third-order valence-electron chi connectivity index (χ3n) is 3.93. The van der Waals surface area contributed by atoms with E-state index in [1.54, 1.807) is 0 Å². The lowest BCUT2D eigenvalue weighted by Crippen LogP contribution is -2.63. The van der Waals surface area contributed by atoms with Gasteiger partial charge in [0.25, 0.3) is 0 Å².